The van der Waals surface area contributed by atoms with Crippen molar-refractivity contribution in [2.45, 2.75) is 128 Å². The molecule has 0 saturated carbocycles. The molecule has 392 valence electrons. The van der Waals surface area contributed by atoms with Gasteiger partial charge in [-0.3, -0.25) is 38.4 Å². The summed E-state index contributed by atoms with van der Waals surface area (Å²) in [6.07, 6.45) is -2.69. The lowest BCUT2D eigenvalue weighted by Crippen LogP contribution is -2.61. The maximum Gasteiger partial charge on any atom is 0.332 e. The normalized spacial score (nSPS) is 29.2. The van der Waals surface area contributed by atoms with E-state index in [-0.39, 0.29) is 18.6 Å². The largest absolute Gasteiger partial charge is 0.487 e. The molecule has 1 spiro atoms. The van der Waals surface area contributed by atoms with Crippen LogP contribution in [0, 0.1) is 17.8 Å². The van der Waals surface area contributed by atoms with Gasteiger partial charge in [-0.15, -0.1) is 0 Å². The summed E-state index contributed by atoms with van der Waals surface area (Å²) >= 11 is 0. The van der Waals surface area contributed by atoms with Crippen LogP contribution in [0.15, 0.2) is 66.7 Å². The van der Waals surface area contributed by atoms with Gasteiger partial charge in [0.2, 0.25) is 41.4 Å². The number of hydrogen-bond acceptors (Lipinski definition) is 15. The monoisotopic (exact) mass is 1010 g/mol. The lowest BCUT2D eigenvalue weighted by molar-refractivity contribution is -0.160. The predicted octanol–water partition coefficient (Wildman–Crippen LogP) is -0.747. The van der Waals surface area contributed by atoms with Gasteiger partial charge in [-0.05, 0) is 61.9 Å². The van der Waals surface area contributed by atoms with E-state index >= 15 is 4.79 Å². The van der Waals surface area contributed by atoms with Crippen LogP contribution in [0.2, 0.25) is 0 Å². The summed E-state index contributed by atoms with van der Waals surface area (Å²) in [6, 6.07) is 4.64. The molecular weight excluding hydrogens is 939 g/mol. The Morgan fingerprint density at radius 3 is 2.03 bits per heavy atom. The summed E-state index contributed by atoms with van der Waals surface area (Å²) in [6.45, 7) is 10.6. The minimum Gasteiger partial charge on any atom is -0.487 e. The molecule has 2 saturated heterocycles. The summed E-state index contributed by atoms with van der Waals surface area (Å²) < 4.78 is 22.9. The van der Waals surface area contributed by atoms with Crippen LogP contribution in [-0.2, 0) is 63.8 Å². The molecule has 2 aromatic carbocycles. The maximum absolute atomic E-state index is 15.1. The van der Waals surface area contributed by atoms with Crippen LogP contribution in [0.1, 0.15) is 72.6 Å². The van der Waals surface area contributed by atoms with Crippen LogP contribution >= 0.6 is 0 Å². The standard InChI is InChI=1S/C50H67N7O15/c1-25(2)38-45(64)56-41-32-15-17-33(18-16-32)72-30(8)50(24-70-50)20-19-36(59)51-22-37(60)69-23-34(49(68)71-29(7)40(47(66)53-38)55-43(62)27(5)42(61)26(3)4)52-46(65)39(28(6)58)54-44(63)35(57(9)48(41)67)21-31-13-11-10-12-14-31/h10-20,25-30,34-35,38-42,58,61H,21-24H2,1-9H3,(H,51,59)(H,52,65)(H,53,66)(H,54,63)(H,55,62)(H,56,64)/b20-19+/t27-,28-,29-,30-,34+,35+,38-,39-,40+,41+,42-,50+/m1/s1. The molecule has 0 aromatic heterocycles. The zero-order valence-electron chi connectivity index (χ0n) is 41.8. The van der Waals surface area contributed by atoms with Gasteiger partial charge in [-0.2, -0.15) is 0 Å². The number of ether oxygens (including phenoxy) is 4. The van der Waals surface area contributed by atoms with Gasteiger partial charge in [0.25, 0.3) is 0 Å². The molecule has 22 heteroatoms. The number of benzene rings is 2. The fraction of sp³-hybridized carbons (Fsp3) is 0.540. The van der Waals surface area contributed by atoms with Gasteiger partial charge in [-0.25, -0.2) is 4.79 Å². The summed E-state index contributed by atoms with van der Waals surface area (Å²) in [4.78, 5) is 128. The summed E-state index contributed by atoms with van der Waals surface area (Å²) in [5, 5.41) is 36.9. The average Bonchev–Trinajstić information content (AvgIpc) is 4.14. The van der Waals surface area contributed by atoms with Crippen molar-refractivity contribution in [1.29, 1.82) is 0 Å². The maximum atomic E-state index is 15.1. The Labute approximate surface area is 417 Å². The highest BCUT2D eigenvalue weighted by Gasteiger charge is 2.49. The number of carbonyl (C=O) groups is 9. The Bertz CT molecular complexity index is 2340. The molecule has 4 aliphatic rings. The summed E-state index contributed by atoms with van der Waals surface area (Å²) in [7, 11) is 1.32. The smallest absolute Gasteiger partial charge is 0.332 e. The van der Waals surface area contributed by atoms with E-state index in [1.54, 1.807) is 65.0 Å². The van der Waals surface area contributed by atoms with Crippen LogP contribution in [0.25, 0.3) is 0 Å². The van der Waals surface area contributed by atoms with E-state index in [2.05, 4.69) is 31.9 Å². The van der Waals surface area contributed by atoms with Gasteiger partial charge in [0.15, 0.2) is 6.04 Å². The van der Waals surface area contributed by atoms with Gasteiger partial charge in [-0.1, -0.05) is 77.1 Å². The van der Waals surface area contributed by atoms with E-state index < -0.39 is 150 Å². The lowest BCUT2D eigenvalue weighted by Gasteiger charge is -2.33. The van der Waals surface area contributed by atoms with Crippen molar-refractivity contribution in [2.75, 3.05) is 26.8 Å². The van der Waals surface area contributed by atoms with Crippen LogP contribution < -0.4 is 36.6 Å². The Kier molecular flexibility index (Phi) is 19.0. The minimum atomic E-state index is -1.94. The molecule has 2 fully saturated rings. The highest BCUT2D eigenvalue weighted by atomic mass is 16.6. The molecule has 0 unspecified atom stereocenters. The second-order valence-corrected chi connectivity index (χ2v) is 19.1. The third-order valence-corrected chi connectivity index (χ3v) is 12.8. The molecule has 6 rings (SSSR count). The third kappa shape index (κ3) is 14.4. The Balaban J connectivity index is 1.71. The number of epoxide rings is 1. The fourth-order valence-electron chi connectivity index (χ4n) is 7.98. The van der Waals surface area contributed by atoms with Gasteiger partial charge in [0.1, 0.15) is 66.9 Å². The zero-order valence-corrected chi connectivity index (χ0v) is 41.8. The first-order valence-corrected chi connectivity index (χ1v) is 23.8. The topological polar surface area (TPSA) is 310 Å². The van der Waals surface area contributed by atoms with Crippen molar-refractivity contribution >= 4 is 53.3 Å². The fourth-order valence-corrected chi connectivity index (χ4v) is 7.98. The van der Waals surface area contributed by atoms with E-state index in [4.69, 9.17) is 18.9 Å². The quantitative estimate of drug-likeness (QED) is 0.119. The van der Waals surface area contributed by atoms with E-state index in [1.165, 1.54) is 58.2 Å². The molecule has 4 bridgehead atoms. The van der Waals surface area contributed by atoms with Crippen LogP contribution in [0.3, 0.4) is 0 Å². The Morgan fingerprint density at radius 1 is 0.806 bits per heavy atom. The van der Waals surface area contributed by atoms with Crippen LogP contribution in [0.4, 0.5) is 0 Å². The number of hydrogen-bond donors (Lipinski definition) is 8. The predicted molar refractivity (Wildman–Crippen MR) is 256 cm³/mol. The summed E-state index contributed by atoms with van der Waals surface area (Å²) in [5.74, 6) is -10.8. The number of cyclic esters (lactones) is 1. The number of esters is 2. The number of nitrogens with zero attached hydrogens (tertiary/aromatic N) is 1. The molecule has 8 N–H and O–H groups in total. The minimum absolute atomic E-state index is 0.142. The van der Waals surface area contributed by atoms with Crippen LogP contribution in [0.5, 0.6) is 5.75 Å². The third-order valence-electron chi connectivity index (χ3n) is 12.8. The average molecular weight is 1010 g/mol. The first-order chi connectivity index (χ1) is 33.9. The second kappa shape index (κ2) is 24.5. The number of carbonyl (C=O) groups excluding carboxylic acids is 9. The number of aliphatic hydroxyl groups is 2. The number of aliphatic hydroxyl groups excluding tert-OH is 2. The molecule has 7 amide bonds. The molecule has 72 heavy (non-hydrogen) atoms. The highest BCUT2D eigenvalue weighted by Crippen LogP contribution is 2.35. The number of fused-ring (bicyclic) bond motifs is 9. The van der Waals surface area contributed by atoms with Crippen LogP contribution in [-0.4, -0.2) is 155 Å². The summed E-state index contributed by atoms with van der Waals surface area (Å²) in [5.41, 5.74) is -0.255. The molecule has 2 aromatic rings. The lowest BCUT2D eigenvalue weighted by atomic mass is 9.93. The number of nitrogens with one attached hydrogen (secondary N) is 6. The number of amides is 7. The van der Waals surface area contributed by atoms with Crippen molar-refractivity contribution < 1.29 is 72.3 Å². The van der Waals surface area contributed by atoms with E-state index in [0.717, 1.165) is 11.0 Å². The Morgan fingerprint density at radius 2 is 1.43 bits per heavy atom. The molecule has 4 aliphatic heterocycles. The van der Waals surface area contributed by atoms with Crippen molar-refractivity contribution in [2.24, 2.45) is 17.8 Å². The molecule has 0 radical (unpaired) electrons. The first kappa shape index (κ1) is 56.0. The number of likely N-dealkylation sites (N-methyl/N-ethyl adjacent to an activating group) is 1. The van der Waals surface area contributed by atoms with Gasteiger partial charge in [0.05, 0.1) is 24.7 Å². The molecular formula is C50H67N7O15. The van der Waals surface area contributed by atoms with Gasteiger partial charge < -0.3 is 66.0 Å². The van der Waals surface area contributed by atoms with E-state index in [9.17, 15) is 48.6 Å². The number of rotatable bonds is 8. The first-order valence-electron chi connectivity index (χ1n) is 23.8. The van der Waals surface area contributed by atoms with Crippen molar-refractivity contribution in [3.8, 4) is 5.75 Å². The van der Waals surface area contributed by atoms with Gasteiger partial charge in [0, 0.05) is 19.5 Å². The molecule has 22 nitrogen and oxygen atoms in total. The Hall–Kier alpha value is -6.91. The van der Waals surface area contributed by atoms with E-state index in [0.29, 0.717) is 11.3 Å². The zero-order chi connectivity index (χ0) is 53.2. The molecule has 4 heterocycles. The highest BCUT2D eigenvalue weighted by molar-refractivity contribution is 5.98. The van der Waals surface area contributed by atoms with Crippen molar-refractivity contribution in [3.05, 3.63) is 77.9 Å². The van der Waals surface area contributed by atoms with Gasteiger partial charge >= 0.3 is 11.9 Å². The van der Waals surface area contributed by atoms with Crippen molar-refractivity contribution in [1.82, 2.24) is 36.8 Å². The SMILES string of the molecule is CC(C)[C@@H](O)[C@@H](C)C(=O)N[C@@H]1C(=O)N[C@H](C(C)C)C(=O)N[C@@H]2C(=O)N(C)[C@@H](Cc3ccccc3)C(=O)N[C@H]([C@@H](C)O)C(=O)N[C@@H](COC(=O)CNC(=O)/C=C/[C@]3(CO3)[C@@H](C)Oc3ccc2cc3)C(=O)O[C@@H]1C. The van der Waals surface area contributed by atoms with Crippen molar-refractivity contribution in [3.63, 3.8) is 0 Å². The van der Waals surface area contributed by atoms with E-state index in [1.807, 2.05) is 0 Å². The molecule has 12 atom stereocenters. The second-order valence-electron chi connectivity index (χ2n) is 19.1. The molecule has 0 aliphatic carbocycles.